The summed E-state index contributed by atoms with van der Waals surface area (Å²) in [6.45, 7) is 8.09. The number of carbonyl (C=O) groups is 6. The molecule has 8 nitrogen and oxygen atoms in total. The van der Waals surface area contributed by atoms with Crippen molar-refractivity contribution >= 4 is 58.2 Å². The van der Waals surface area contributed by atoms with Gasteiger partial charge in [0, 0.05) is 34.7 Å². The van der Waals surface area contributed by atoms with Crippen LogP contribution in [-0.4, -0.2) is 34.7 Å². The van der Waals surface area contributed by atoms with Crippen LogP contribution >= 0.6 is 0 Å². The summed E-state index contributed by atoms with van der Waals surface area (Å²) in [7, 11) is 0. The number of Topliss-reactive ketones (excluding diaryl/α,β-unsaturated/α-hetero) is 6. The van der Waals surface area contributed by atoms with Gasteiger partial charge in [-0.2, -0.15) is 12.4 Å². The molecule has 0 aromatic heterocycles. The van der Waals surface area contributed by atoms with Crippen LogP contribution in [0.15, 0.2) is 36.7 Å². The number of nitrogens with zero attached hydrogens (tertiary/aromatic N) is 2. The first-order valence-corrected chi connectivity index (χ1v) is 10.5. The van der Waals surface area contributed by atoms with Gasteiger partial charge < -0.3 is 39.4 Å². The number of hydrogen-bond acceptors (Lipinski definition) is 6. The predicted octanol–water partition coefficient (Wildman–Crippen LogP) is 3.42. The van der Waals surface area contributed by atoms with E-state index < -0.39 is 0 Å². The Hall–Kier alpha value is -3.04. The molecular formula is C27H29N2O6Tb-2. The average Bonchev–Trinajstić information content (AvgIpc) is 2.72. The maximum Gasteiger partial charge on any atom is 3.00 e. The van der Waals surface area contributed by atoms with Crippen molar-refractivity contribution in [3.8, 4) is 0 Å². The zero-order valence-corrected chi connectivity index (χ0v) is 23.2. The van der Waals surface area contributed by atoms with Crippen LogP contribution in [0.3, 0.4) is 0 Å². The SMILES string of the molecule is C1=C[N-]c2c3c(ccc2=C1)=CC=C[N-]3.CC(=O)[CH-]C(C)=O.CC(=O)[CH-]C(C)=O.CC(=O)[CH-]C(C)=O.[Tb+3]. The molecule has 0 spiro atoms. The Bertz CT molecular complexity index is 1000. The minimum absolute atomic E-state index is 0. The second-order valence-electron chi connectivity index (χ2n) is 7.31. The van der Waals surface area contributed by atoms with Crippen molar-refractivity contribution in [2.75, 3.05) is 0 Å². The van der Waals surface area contributed by atoms with E-state index in [0.29, 0.717) is 0 Å². The smallest absolute Gasteiger partial charge is 0.665 e. The molecule has 2 heterocycles. The molecular weight excluding hydrogens is 607 g/mol. The topological polar surface area (TPSA) is 131 Å². The van der Waals surface area contributed by atoms with Crippen molar-refractivity contribution in [2.24, 2.45) is 0 Å². The molecule has 2 aliphatic heterocycles. The van der Waals surface area contributed by atoms with Gasteiger partial charge >= 0.3 is 38.6 Å². The summed E-state index contributed by atoms with van der Waals surface area (Å²) in [6.07, 6.45) is 14.8. The van der Waals surface area contributed by atoms with Crippen LogP contribution in [-0.2, 0) is 28.8 Å². The summed E-state index contributed by atoms with van der Waals surface area (Å²) in [5.41, 5.74) is 1.95. The average molecular weight is 636 g/mol. The molecule has 0 saturated carbocycles. The summed E-state index contributed by atoms with van der Waals surface area (Å²) < 4.78 is 0. The number of allylic oxidation sites excluding steroid dienone is 2. The fourth-order valence-corrected chi connectivity index (χ4v) is 2.54. The zero-order valence-electron chi connectivity index (χ0n) is 21.0. The van der Waals surface area contributed by atoms with E-state index in [1.807, 2.05) is 12.2 Å². The first kappa shape index (κ1) is 35.1. The summed E-state index contributed by atoms with van der Waals surface area (Å²) in [6, 6.07) is 4.15. The first-order chi connectivity index (χ1) is 16.3. The van der Waals surface area contributed by atoms with Crippen LogP contribution in [0.4, 0.5) is 11.4 Å². The van der Waals surface area contributed by atoms with E-state index in [0.717, 1.165) is 41.1 Å². The third-order valence-electron chi connectivity index (χ3n) is 3.56. The van der Waals surface area contributed by atoms with E-state index in [9.17, 15) is 28.8 Å². The molecule has 0 amide bonds. The molecule has 0 radical (unpaired) electrons. The Morgan fingerprint density at radius 1 is 0.528 bits per heavy atom. The van der Waals surface area contributed by atoms with Crippen LogP contribution in [0.5, 0.6) is 0 Å². The van der Waals surface area contributed by atoms with E-state index >= 15 is 0 Å². The van der Waals surface area contributed by atoms with Gasteiger partial charge in [-0.3, -0.25) is 19.3 Å². The molecule has 3 rings (SSSR count). The molecule has 0 unspecified atom stereocenters. The van der Waals surface area contributed by atoms with E-state index in [-0.39, 0.29) is 73.3 Å². The normalized spacial score (nSPS) is 10.5. The van der Waals surface area contributed by atoms with Crippen molar-refractivity contribution in [1.82, 2.24) is 0 Å². The molecule has 1 aromatic rings. The van der Waals surface area contributed by atoms with Crippen LogP contribution in [0, 0.1) is 57.9 Å². The molecule has 9 heteroatoms. The minimum atomic E-state index is -0.187. The van der Waals surface area contributed by atoms with Crippen LogP contribution in [0.25, 0.3) is 22.8 Å². The van der Waals surface area contributed by atoms with E-state index in [1.54, 1.807) is 12.4 Å². The largest absolute Gasteiger partial charge is 3.00 e. The number of hydrogen-bond donors (Lipinski definition) is 0. The number of benzene rings is 1. The Balaban J connectivity index is 0. The minimum Gasteiger partial charge on any atom is -0.665 e. The molecule has 0 bridgehead atoms. The fourth-order valence-electron chi connectivity index (χ4n) is 2.54. The monoisotopic (exact) mass is 636 g/mol. The third kappa shape index (κ3) is 17.4. The van der Waals surface area contributed by atoms with E-state index in [4.69, 9.17) is 0 Å². The van der Waals surface area contributed by atoms with Gasteiger partial charge in [0.25, 0.3) is 0 Å². The number of rotatable bonds is 6. The van der Waals surface area contributed by atoms with Crippen molar-refractivity contribution < 1.29 is 67.4 Å². The quantitative estimate of drug-likeness (QED) is 0.348. The van der Waals surface area contributed by atoms with Gasteiger partial charge in [-0.15, -0.1) is 11.4 Å². The maximum atomic E-state index is 9.98. The molecule has 2 aliphatic rings. The van der Waals surface area contributed by atoms with Gasteiger partial charge in [0.2, 0.25) is 0 Å². The second-order valence-corrected chi connectivity index (χ2v) is 7.31. The second kappa shape index (κ2) is 19.2. The summed E-state index contributed by atoms with van der Waals surface area (Å²) in [5.74, 6) is -1.12. The van der Waals surface area contributed by atoms with Gasteiger partial charge in [0.15, 0.2) is 0 Å². The molecule has 0 fully saturated rings. The Morgan fingerprint density at radius 2 is 0.778 bits per heavy atom. The molecule has 0 aliphatic carbocycles. The molecule has 36 heavy (non-hydrogen) atoms. The first-order valence-electron chi connectivity index (χ1n) is 10.5. The summed E-state index contributed by atoms with van der Waals surface area (Å²) in [4.78, 5) is 59.9. The molecule has 0 atom stereocenters. The Morgan fingerprint density at radius 3 is 0.972 bits per heavy atom. The van der Waals surface area contributed by atoms with Crippen molar-refractivity contribution in [1.29, 1.82) is 0 Å². The van der Waals surface area contributed by atoms with Crippen molar-refractivity contribution in [2.45, 2.75) is 41.5 Å². The van der Waals surface area contributed by atoms with Gasteiger partial charge in [-0.05, 0) is 52.0 Å². The number of ketones is 6. The van der Waals surface area contributed by atoms with Gasteiger partial charge in [0.05, 0.1) is 0 Å². The van der Waals surface area contributed by atoms with Gasteiger partial charge in [-0.25, -0.2) is 0 Å². The van der Waals surface area contributed by atoms with Crippen LogP contribution in [0.1, 0.15) is 41.5 Å². The predicted molar refractivity (Wildman–Crippen MR) is 136 cm³/mol. The number of carbonyl (C=O) groups excluding carboxylic acids is 6. The molecule has 1 aromatic carbocycles. The number of fused-ring (bicyclic) bond motifs is 3. The standard InChI is InChI=1S/C12H8N2.3C5H7O2.Tb/c1-3-9-5-6-10-4-2-8-14-12(10)11(9)13-7-1;3*1-4(6)3-5(2)7;/h1-8H;3*3H,1-2H3;/q-2;3*-1;+3. The summed E-state index contributed by atoms with van der Waals surface area (Å²) >= 11 is 0. The van der Waals surface area contributed by atoms with Crippen LogP contribution in [0.2, 0.25) is 0 Å². The van der Waals surface area contributed by atoms with Crippen molar-refractivity contribution in [3.63, 3.8) is 0 Å². The molecule has 0 saturated heterocycles. The summed E-state index contributed by atoms with van der Waals surface area (Å²) in [5, 5.41) is 11.0. The van der Waals surface area contributed by atoms with E-state index in [1.165, 1.54) is 41.5 Å². The fraction of sp³-hybridized carbons (Fsp3) is 0.222. The zero-order chi connectivity index (χ0) is 27.0. The van der Waals surface area contributed by atoms with Crippen molar-refractivity contribution in [3.05, 3.63) is 77.0 Å². The van der Waals surface area contributed by atoms with Gasteiger partial charge in [-0.1, -0.05) is 36.4 Å². The molecule has 194 valence electrons. The third-order valence-corrected chi connectivity index (χ3v) is 3.56. The maximum absolute atomic E-state index is 9.98. The van der Waals surface area contributed by atoms with Crippen LogP contribution < -0.4 is 10.4 Å². The Labute approximate surface area is 242 Å². The molecule has 0 N–H and O–H groups in total. The Kier molecular flexibility index (Phi) is 18.7. The van der Waals surface area contributed by atoms with E-state index in [2.05, 4.69) is 34.9 Å². The van der Waals surface area contributed by atoms with Gasteiger partial charge in [0.1, 0.15) is 0 Å².